The Morgan fingerprint density at radius 1 is 1.03 bits per heavy atom. The monoisotopic (exact) mass is 408 g/mol. The van der Waals surface area contributed by atoms with E-state index in [1.165, 1.54) is 13.2 Å². The number of benzene rings is 2. The Kier molecular flexibility index (Phi) is 5.91. The second-order valence-electron chi connectivity index (χ2n) is 7.32. The molecule has 156 valence electrons. The smallest absolute Gasteiger partial charge is 0.335 e. The molecule has 2 aromatic rings. The molecule has 1 N–H and O–H groups in total. The second-order valence-corrected chi connectivity index (χ2v) is 7.32. The van der Waals surface area contributed by atoms with E-state index < -0.39 is 17.8 Å². The fraction of sp³-hybridized carbons (Fsp3) is 0.261. The summed E-state index contributed by atoms with van der Waals surface area (Å²) >= 11 is 0. The minimum Gasteiger partial charge on any atom is -0.497 e. The Hall–Kier alpha value is -3.61. The Bertz CT molecular complexity index is 1060. The maximum Gasteiger partial charge on any atom is 0.335 e. The molecule has 0 atom stereocenters. The van der Waals surface area contributed by atoms with Gasteiger partial charge in [0.05, 0.1) is 18.9 Å². The van der Waals surface area contributed by atoms with E-state index in [-0.39, 0.29) is 11.7 Å². The Balaban J connectivity index is 2.07. The lowest BCUT2D eigenvalue weighted by molar-refractivity contribution is -0.122. The zero-order valence-electron chi connectivity index (χ0n) is 17.6. The summed E-state index contributed by atoms with van der Waals surface area (Å²) in [5.41, 5.74) is 2.54. The summed E-state index contributed by atoms with van der Waals surface area (Å²) in [6, 6.07) is 9.68. The Morgan fingerprint density at radius 2 is 1.77 bits per heavy atom. The standard InChI is InChI=1S/C23H24N2O5/c1-13(2)30-20-12-17(29-5)8-7-16(20)11-18-21(26)24-23(28)25(22(18)27)19-9-6-14(3)10-15(19)4/h6-13H,1-5H3,(H,24,26,28)/b18-11+. The highest BCUT2D eigenvalue weighted by Gasteiger charge is 2.37. The molecule has 0 spiro atoms. The molecule has 1 heterocycles. The molecule has 1 aliphatic rings. The average molecular weight is 408 g/mol. The van der Waals surface area contributed by atoms with Crippen LogP contribution in [-0.2, 0) is 9.59 Å². The van der Waals surface area contributed by atoms with Crippen molar-refractivity contribution in [2.75, 3.05) is 12.0 Å². The first kappa shape index (κ1) is 21.1. The van der Waals surface area contributed by atoms with Crippen LogP contribution < -0.4 is 19.7 Å². The SMILES string of the molecule is COc1ccc(/C=C2\C(=O)NC(=O)N(c3ccc(C)cc3C)C2=O)c(OC(C)C)c1. The predicted octanol–water partition coefficient (Wildman–Crippen LogP) is 3.77. The zero-order valence-corrected chi connectivity index (χ0v) is 17.6. The number of nitrogens with zero attached hydrogens (tertiary/aromatic N) is 1. The van der Waals surface area contributed by atoms with Crippen LogP contribution >= 0.6 is 0 Å². The van der Waals surface area contributed by atoms with E-state index in [4.69, 9.17) is 9.47 Å². The first-order valence-corrected chi connectivity index (χ1v) is 9.54. The number of aryl methyl sites for hydroxylation is 2. The normalized spacial score (nSPS) is 15.6. The van der Waals surface area contributed by atoms with Crippen LogP contribution in [0.3, 0.4) is 0 Å². The molecule has 0 bridgehead atoms. The summed E-state index contributed by atoms with van der Waals surface area (Å²) in [5.74, 6) is -0.397. The molecule has 30 heavy (non-hydrogen) atoms. The highest BCUT2D eigenvalue weighted by Crippen LogP contribution is 2.30. The third-order valence-corrected chi connectivity index (χ3v) is 4.58. The van der Waals surface area contributed by atoms with Crippen molar-refractivity contribution in [1.29, 1.82) is 0 Å². The fourth-order valence-electron chi connectivity index (χ4n) is 3.20. The number of barbiturate groups is 1. The maximum absolute atomic E-state index is 13.2. The number of nitrogens with one attached hydrogen (secondary N) is 1. The number of anilines is 1. The number of rotatable bonds is 5. The van der Waals surface area contributed by atoms with Gasteiger partial charge >= 0.3 is 6.03 Å². The van der Waals surface area contributed by atoms with Gasteiger partial charge in [0.25, 0.3) is 11.8 Å². The van der Waals surface area contributed by atoms with E-state index in [9.17, 15) is 14.4 Å². The van der Waals surface area contributed by atoms with Gasteiger partial charge in [0.1, 0.15) is 17.1 Å². The summed E-state index contributed by atoms with van der Waals surface area (Å²) in [4.78, 5) is 39.1. The largest absolute Gasteiger partial charge is 0.497 e. The van der Waals surface area contributed by atoms with Crippen molar-refractivity contribution < 1.29 is 23.9 Å². The zero-order chi connectivity index (χ0) is 22.0. The summed E-state index contributed by atoms with van der Waals surface area (Å²) < 4.78 is 11.1. The number of carbonyl (C=O) groups is 3. The molecule has 0 aromatic heterocycles. The molecule has 7 heteroatoms. The quantitative estimate of drug-likeness (QED) is 0.601. The molecule has 3 rings (SSSR count). The minimum atomic E-state index is -0.775. The molecule has 2 aromatic carbocycles. The number of carbonyl (C=O) groups excluding carboxylic acids is 3. The van der Waals surface area contributed by atoms with Crippen LogP contribution in [0.5, 0.6) is 11.5 Å². The van der Waals surface area contributed by atoms with Crippen molar-refractivity contribution in [2.24, 2.45) is 0 Å². The molecule has 1 fully saturated rings. The third kappa shape index (κ3) is 4.20. The van der Waals surface area contributed by atoms with Crippen molar-refractivity contribution in [2.45, 2.75) is 33.8 Å². The molecule has 1 aliphatic heterocycles. The summed E-state index contributed by atoms with van der Waals surface area (Å²) in [5, 5.41) is 2.25. The molecule has 0 saturated carbocycles. The highest BCUT2D eigenvalue weighted by molar-refractivity contribution is 6.39. The van der Waals surface area contributed by atoms with Gasteiger partial charge in [-0.1, -0.05) is 17.7 Å². The van der Waals surface area contributed by atoms with Crippen LogP contribution in [0, 0.1) is 13.8 Å². The summed E-state index contributed by atoms with van der Waals surface area (Å²) in [6.07, 6.45) is 1.30. The van der Waals surface area contributed by atoms with E-state index in [1.54, 1.807) is 37.3 Å². The van der Waals surface area contributed by atoms with Crippen molar-refractivity contribution in [3.8, 4) is 11.5 Å². The molecule has 0 aliphatic carbocycles. The van der Waals surface area contributed by atoms with Crippen LogP contribution in [0.25, 0.3) is 6.08 Å². The van der Waals surface area contributed by atoms with E-state index in [0.29, 0.717) is 22.7 Å². The number of ether oxygens (including phenoxy) is 2. The van der Waals surface area contributed by atoms with Gasteiger partial charge in [0, 0.05) is 11.6 Å². The second kappa shape index (κ2) is 8.41. The van der Waals surface area contributed by atoms with Gasteiger partial charge in [0.2, 0.25) is 0 Å². The van der Waals surface area contributed by atoms with Gasteiger partial charge in [-0.3, -0.25) is 14.9 Å². The van der Waals surface area contributed by atoms with Crippen LogP contribution in [0.1, 0.15) is 30.5 Å². The number of amides is 4. The highest BCUT2D eigenvalue weighted by atomic mass is 16.5. The van der Waals surface area contributed by atoms with Gasteiger partial charge in [-0.25, -0.2) is 9.69 Å². The molecule has 0 radical (unpaired) electrons. The van der Waals surface area contributed by atoms with E-state index in [1.807, 2.05) is 26.8 Å². The van der Waals surface area contributed by atoms with Gasteiger partial charge in [0.15, 0.2) is 0 Å². The molecule has 7 nitrogen and oxygen atoms in total. The van der Waals surface area contributed by atoms with Gasteiger partial charge in [-0.05, 0) is 57.5 Å². The molecule has 4 amide bonds. The number of urea groups is 1. The maximum atomic E-state index is 13.2. The van der Waals surface area contributed by atoms with Crippen molar-refractivity contribution in [1.82, 2.24) is 5.32 Å². The van der Waals surface area contributed by atoms with E-state index in [2.05, 4.69) is 5.32 Å². The lowest BCUT2D eigenvalue weighted by atomic mass is 10.0. The Morgan fingerprint density at radius 3 is 2.40 bits per heavy atom. The van der Waals surface area contributed by atoms with Crippen LogP contribution in [0.15, 0.2) is 42.0 Å². The topological polar surface area (TPSA) is 84.9 Å². The molecular weight excluding hydrogens is 384 g/mol. The summed E-state index contributed by atoms with van der Waals surface area (Å²) in [7, 11) is 1.54. The van der Waals surface area contributed by atoms with Gasteiger partial charge in [-0.2, -0.15) is 0 Å². The molecule has 0 unspecified atom stereocenters. The van der Waals surface area contributed by atoms with E-state index >= 15 is 0 Å². The van der Waals surface area contributed by atoms with E-state index in [0.717, 1.165) is 16.0 Å². The van der Waals surface area contributed by atoms with Crippen LogP contribution in [-0.4, -0.2) is 31.1 Å². The van der Waals surface area contributed by atoms with Gasteiger partial charge < -0.3 is 9.47 Å². The van der Waals surface area contributed by atoms with Crippen LogP contribution in [0.4, 0.5) is 10.5 Å². The number of methoxy groups -OCH3 is 1. The lowest BCUT2D eigenvalue weighted by Crippen LogP contribution is -2.54. The average Bonchev–Trinajstić information content (AvgIpc) is 2.67. The lowest BCUT2D eigenvalue weighted by Gasteiger charge is -2.27. The number of imide groups is 2. The summed E-state index contributed by atoms with van der Waals surface area (Å²) in [6.45, 7) is 7.47. The number of hydrogen-bond acceptors (Lipinski definition) is 5. The third-order valence-electron chi connectivity index (χ3n) is 4.58. The fourth-order valence-corrected chi connectivity index (χ4v) is 3.20. The number of hydrogen-bond donors (Lipinski definition) is 1. The predicted molar refractivity (Wildman–Crippen MR) is 114 cm³/mol. The minimum absolute atomic E-state index is 0.126. The van der Waals surface area contributed by atoms with Crippen molar-refractivity contribution in [3.05, 3.63) is 58.7 Å². The molecule has 1 saturated heterocycles. The van der Waals surface area contributed by atoms with Crippen molar-refractivity contribution in [3.63, 3.8) is 0 Å². The van der Waals surface area contributed by atoms with Crippen molar-refractivity contribution >= 4 is 29.6 Å². The first-order valence-electron chi connectivity index (χ1n) is 9.54. The Labute approximate surface area is 175 Å². The van der Waals surface area contributed by atoms with Crippen LogP contribution in [0.2, 0.25) is 0 Å². The molecular formula is C23H24N2O5. The first-order chi connectivity index (χ1) is 14.2. The van der Waals surface area contributed by atoms with Gasteiger partial charge in [-0.15, -0.1) is 0 Å².